The van der Waals surface area contributed by atoms with Gasteiger partial charge in [0.1, 0.15) is 12.1 Å². The van der Waals surface area contributed by atoms with E-state index < -0.39 is 0 Å². The monoisotopic (exact) mass is 279 g/mol. The molecule has 0 unspecified atom stereocenters. The maximum atomic E-state index is 11.9. The van der Waals surface area contributed by atoms with Crippen LogP contribution in [0.4, 0.5) is 10.5 Å². The molecular weight excluding hydrogens is 266 g/mol. The van der Waals surface area contributed by atoms with Gasteiger partial charge in [-0.1, -0.05) is 18.5 Å². The smallest absolute Gasteiger partial charge is 0.331 e. The lowest BCUT2D eigenvalue weighted by Crippen LogP contribution is -2.18. The maximum absolute atomic E-state index is 11.9. The summed E-state index contributed by atoms with van der Waals surface area (Å²) in [6.45, 7) is 2.59. The van der Waals surface area contributed by atoms with Crippen molar-refractivity contribution in [1.29, 1.82) is 0 Å². The van der Waals surface area contributed by atoms with Gasteiger partial charge < -0.3 is 10.1 Å². The summed E-state index contributed by atoms with van der Waals surface area (Å²) in [6.07, 6.45) is 5.41. The Labute approximate surface area is 116 Å². The van der Waals surface area contributed by atoms with Gasteiger partial charge in [-0.25, -0.2) is 9.78 Å². The van der Waals surface area contributed by atoms with Crippen LogP contribution in [0.3, 0.4) is 0 Å². The Hall–Kier alpha value is -2.01. The van der Waals surface area contributed by atoms with Crippen LogP contribution in [0.5, 0.6) is 5.75 Å². The standard InChI is InChI=1S/C13H14ClN3O2/c1-2-7-19-12-4-3-10(14)8-11(12)16-13(18)17-6-5-15-9-17/h3-6,8-9H,2,7H2,1H3,(H,16,18). The zero-order chi connectivity index (χ0) is 13.7. The van der Waals surface area contributed by atoms with Crippen LogP contribution in [0.2, 0.25) is 5.02 Å². The minimum absolute atomic E-state index is 0.318. The Morgan fingerprint density at radius 3 is 3.05 bits per heavy atom. The van der Waals surface area contributed by atoms with Gasteiger partial charge in [0.15, 0.2) is 0 Å². The SMILES string of the molecule is CCCOc1ccc(Cl)cc1NC(=O)n1ccnc1. The zero-order valence-corrected chi connectivity index (χ0v) is 11.2. The molecule has 0 spiro atoms. The Morgan fingerprint density at radius 1 is 1.53 bits per heavy atom. The molecule has 0 radical (unpaired) electrons. The molecule has 19 heavy (non-hydrogen) atoms. The summed E-state index contributed by atoms with van der Waals surface area (Å²) < 4.78 is 6.90. The van der Waals surface area contributed by atoms with Gasteiger partial charge >= 0.3 is 6.03 Å². The van der Waals surface area contributed by atoms with Crippen LogP contribution in [0.1, 0.15) is 13.3 Å². The topological polar surface area (TPSA) is 56.1 Å². The van der Waals surface area contributed by atoms with E-state index in [0.717, 1.165) is 6.42 Å². The Morgan fingerprint density at radius 2 is 2.37 bits per heavy atom. The second kappa shape index (κ2) is 6.24. The molecule has 0 aliphatic carbocycles. The normalized spacial score (nSPS) is 10.2. The number of anilines is 1. The first-order valence-corrected chi connectivity index (χ1v) is 6.30. The van der Waals surface area contributed by atoms with Gasteiger partial charge in [-0.3, -0.25) is 4.57 Å². The minimum atomic E-state index is -0.318. The molecule has 6 heteroatoms. The van der Waals surface area contributed by atoms with Crippen LogP contribution >= 0.6 is 11.6 Å². The highest BCUT2D eigenvalue weighted by Gasteiger charge is 2.10. The van der Waals surface area contributed by atoms with E-state index in [9.17, 15) is 4.79 Å². The third kappa shape index (κ3) is 3.48. The van der Waals surface area contributed by atoms with Gasteiger partial charge in [-0.2, -0.15) is 0 Å². The van der Waals surface area contributed by atoms with E-state index in [1.165, 1.54) is 17.1 Å². The quantitative estimate of drug-likeness (QED) is 0.933. The number of hydrogen-bond acceptors (Lipinski definition) is 3. The number of ether oxygens (including phenoxy) is 1. The number of halogens is 1. The van der Waals surface area contributed by atoms with Crippen molar-refractivity contribution >= 4 is 23.3 Å². The van der Waals surface area contributed by atoms with Gasteiger partial charge in [0, 0.05) is 17.4 Å². The molecule has 0 bridgehead atoms. The first-order chi connectivity index (χ1) is 9.20. The van der Waals surface area contributed by atoms with E-state index in [-0.39, 0.29) is 6.03 Å². The average molecular weight is 280 g/mol. The van der Waals surface area contributed by atoms with Gasteiger partial charge in [0.25, 0.3) is 0 Å². The molecule has 0 fully saturated rings. The molecule has 1 heterocycles. The number of nitrogens with zero attached hydrogens (tertiary/aromatic N) is 2. The van der Waals surface area contributed by atoms with E-state index >= 15 is 0 Å². The highest BCUT2D eigenvalue weighted by Crippen LogP contribution is 2.28. The van der Waals surface area contributed by atoms with E-state index in [0.29, 0.717) is 23.1 Å². The summed E-state index contributed by atoms with van der Waals surface area (Å²) in [5, 5.41) is 3.27. The van der Waals surface area contributed by atoms with E-state index in [1.54, 1.807) is 24.4 Å². The Bertz CT molecular complexity index is 555. The number of amides is 1. The second-order valence-electron chi connectivity index (χ2n) is 3.89. The Kier molecular flexibility index (Phi) is 4.41. The molecule has 2 rings (SSSR count). The van der Waals surface area contributed by atoms with Crippen molar-refractivity contribution in [2.75, 3.05) is 11.9 Å². The second-order valence-corrected chi connectivity index (χ2v) is 4.33. The van der Waals surface area contributed by atoms with Crippen LogP contribution < -0.4 is 10.1 Å². The van der Waals surface area contributed by atoms with Crippen LogP contribution in [0.15, 0.2) is 36.9 Å². The summed E-state index contributed by atoms with van der Waals surface area (Å²) in [7, 11) is 0. The number of carbonyl (C=O) groups is 1. The molecule has 2 aromatic rings. The van der Waals surface area contributed by atoms with Crippen LogP contribution in [0, 0.1) is 0 Å². The fraction of sp³-hybridized carbons (Fsp3) is 0.231. The number of nitrogens with one attached hydrogen (secondary N) is 1. The van der Waals surface area contributed by atoms with Crippen molar-refractivity contribution in [1.82, 2.24) is 9.55 Å². The first kappa shape index (κ1) is 13.4. The summed E-state index contributed by atoms with van der Waals surface area (Å²) in [4.78, 5) is 15.7. The molecule has 1 aromatic heterocycles. The lowest BCUT2D eigenvalue weighted by molar-refractivity contribution is 0.253. The highest BCUT2D eigenvalue weighted by atomic mass is 35.5. The largest absolute Gasteiger partial charge is 0.491 e. The van der Waals surface area contributed by atoms with Gasteiger partial charge in [-0.15, -0.1) is 0 Å². The van der Waals surface area contributed by atoms with Crippen LogP contribution in [-0.4, -0.2) is 22.2 Å². The number of benzene rings is 1. The third-order valence-electron chi connectivity index (χ3n) is 2.38. The summed E-state index contributed by atoms with van der Waals surface area (Å²) in [6, 6.07) is 4.79. The lowest BCUT2D eigenvalue weighted by Gasteiger charge is -2.12. The van der Waals surface area contributed by atoms with E-state index in [4.69, 9.17) is 16.3 Å². The molecule has 1 aromatic carbocycles. The molecular formula is C13H14ClN3O2. The molecule has 0 aliphatic rings. The summed E-state index contributed by atoms with van der Waals surface area (Å²) in [5.41, 5.74) is 0.541. The maximum Gasteiger partial charge on any atom is 0.331 e. The third-order valence-corrected chi connectivity index (χ3v) is 2.62. The highest BCUT2D eigenvalue weighted by molar-refractivity contribution is 6.31. The molecule has 0 saturated carbocycles. The first-order valence-electron chi connectivity index (χ1n) is 5.92. The van der Waals surface area contributed by atoms with Gasteiger partial charge in [0.2, 0.25) is 0 Å². The minimum Gasteiger partial charge on any atom is -0.491 e. The lowest BCUT2D eigenvalue weighted by atomic mass is 10.3. The van der Waals surface area contributed by atoms with Crippen LogP contribution in [0.25, 0.3) is 0 Å². The molecule has 0 saturated heterocycles. The van der Waals surface area contributed by atoms with E-state index in [1.807, 2.05) is 6.92 Å². The van der Waals surface area contributed by atoms with Crippen molar-refractivity contribution < 1.29 is 9.53 Å². The number of carbonyl (C=O) groups excluding carboxylic acids is 1. The predicted molar refractivity (Wildman–Crippen MR) is 73.9 cm³/mol. The van der Waals surface area contributed by atoms with Gasteiger partial charge in [0.05, 0.1) is 12.3 Å². The van der Waals surface area contributed by atoms with Gasteiger partial charge in [-0.05, 0) is 24.6 Å². The van der Waals surface area contributed by atoms with Crippen molar-refractivity contribution in [3.8, 4) is 5.75 Å². The summed E-state index contributed by atoms with van der Waals surface area (Å²) >= 11 is 5.93. The van der Waals surface area contributed by atoms with Crippen LogP contribution in [-0.2, 0) is 0 Å². The Balaban J connectivity index is 2.18. The fourth-order valence-corrected chi connectivity index (χ4v) is 1.67. The average Bonchev–Trinajstić information content (AvgIpc) is 2.92. The zero-order valence-electron chi connectivity index (χ0n) is 10.5. The number of aromatic nitrogens is 2. The van der Waals surface area contributed by atoms with Crippen molar-refractivity contribution in [2.24, 2.45) is 0 Å². The number of rotatable bonds is 4. The fourth-order valence-electron chi connectivity index (χ4n) is 1.50. The molecule has 1 N–H and O–H groups in total. The molecule has 5 nitrogen and oxygen atoms in total. The van der Waals surface area contributed by atoms with Crippen molar-refractivity contribution in [2.45, 2.75) is 13.3 Å². The van der Waals surface area contributed by atoms with E-state index in [2.05, 4.69) is 10.3 Å². The molecule has 0 aliphatic heterocycles. The number of imidazole rings is 1. The molecule has 0 atom stereocenters. The van der Waals surface area contributed by atoms with Crippen molar-refractivity contribution in [3.63, 3.8) is 0 Å². The molecule has 100 valence electrons. The predicted octanol–water partition coefficient (Wildman–Crippen LogP) is 3.41. The molecule has 1 amide bonds. The number of hydrogen-bond donors (Lipinski definition) is 1. The van der Waals surface area contributed by atoms with Crippen molar-refractivity contribution in [3.05, 3.63) is 41.9 Å². The summed E-state index contributed by atoms with van der Waals surface area (Å²) in [5.74, 6) is 0.597.